The van der Waals surface area contributed by atoms with Crippen molar-refractivity contribution >= 4 is 47.3 Å². The number of nitrogens with zero attached hydrogens (tertiary/aromatic N) is 16. The van der Waals surface area contributed by atoms with Crippen molar-refractivity contribution in [2.75, 3.05) is 220 Å². The number of amides is 8. The Morgan fingerprint density at radius 2 is 0.590 bits per heavy atom. The zero-order chi connectivity index (χ0) is 91.9. The van der Waals surface area contributed by atoms with Crippen molar-refractivity contribution in [3.63, 3.8) is 0 Å². The first-order valence-electron chi connectivity index (χ1n) is 46.3. The normalized spacial score (nSPS) is 21.0. The van der Waals surface area contributed by atoms with Crippen LogP contribution in [0.3, 0.4) is 0 Å². The molecule has 8 saturated heterocycles. The van der Waals surface area contributed by atoms with Crippen LogP contribution < -0.4 is 0 Å². The summed E-state index contributed by atoms with van der Waals surface area (Å²) in [6.45, 7) is 42.8. The van der Waals surface area contributed by atoms with Crippen molar-refractivity contribution in [3.05, 3.63) is 0 Å². The molecule has 0 N–H and O–H groups in total. The first-order chi connectivity index (χ1) is 57.1. The Bertz CT molecular complexity index is 2770. The van der Waals surface area contributed by atoms with Crippen molar-refractivity contribution in [1.82, 2.24) is 78.4 Å². The van der Waals surface area contributed by atoms with E-state index in [1.807, 2.05) is 19.0 Å². The van der Waals surface area contributed by atoms with Crippen LogP contribution in [-0.4, -0.2) is 412 Å². The quantitative estimate of drug-likeness (QED) is 0.0878. The first-order valence-corrected chi connectivity index (χ1v) is 46.3. The molecule has 31 heteroatoms. The fourth-order valence-electron chi connectivity index (χ4n) is 18.1. The Morgan fingerprint density at radius 1 is 0.352 bits per heavy atom. The van der Waals surface area contributed by atoms with E-state index in [2.05, 4.69) is 124 Å². The summed E-state index contributed by atoms with van der Waals surface area (Å²) in [6.07, 6.45) is 16.7. The molecule has 0 radical (unpaired) electrons. The van der Waals surface area contributed by atoms with E-state index in [1.165, 1.54) is 78.5 Å². The van der Waals surface area contributed by atoms with Gasteiger partial charge in [-0.2, -0.15) is 13.2 Å². The van der Waals surface area contributed by atoms with Crippen LogP contribution in [0, 0.1) is 17.3 Å². The summed E-state index contributed by atoms with van der Waals surface area (Å²) < 4.78 is 87.3. The van der Waals surface area contributed by atoms with Crippen molar-refractivity contribution in [2.45, 2.75) is 305 Å². The maximum absolute atomic E-state index is 13.6. The summed E-state index contributed by atoms with van der Waals surface area (Å²) in [7, 11) is 16.7. The highest BCUT2D eigenvalue weighted by Gasteiger charge is 2.40. The minimum Gasteiger partial charge on any atom is -0.340 e. The number of rotatable bonds is 23. The number of alkyl halides is 7. The zero-order valence-corrected chi connectivity index (χ0v) is 80.2. The number of piperidine rings is 8. The summed E-state index contributed by atoms with van der Waals surface area (Å²) in [4.78, 5) is 124. The number of likely N-dealkylation sites (tertiary alicyclic amines) is 8. The van der Waals surface area contributed by atoms with Gasteiger partial charge in [0.05, 0.1) is 13.1 Å². The topological polar surface area (TPSA) is 188 Å². The van der Waals surface area contributed by atoms with Gasteiger partial charge in [0.2, 0.25) is 47.3 Å². The fourth-order valence-corrected chi connectivity index (χ4v) is 18.1. The molecule has 10 aliphatic rings. The second-order valence-corrected chi connectivity index (χ2v) is 38.6. The Kier molecular flexibility index (Phi) is 51.3. The maximum Gasteiger partial charge on any atom is 0.406 e. The number of hydrogen-bond donors (Lipinski definition) is 0. The van der Waals surface area contributed by atoms with Crippen molar-refractivity contribution in [2.24, 2.45) is 17.3 Å². The Morgan fingerprint density at radius 3 is 0.803 bits per heavy atom. The second-order valence-electron chi connectivity index (χ2n) is 38.6. The van der Waals surface area contributed by atoms with Gasteiger partial charge < -0.3 is 78.4 Å². The van der Waals surface area contributed by atoms with Gasteiger partial charge in [-0.25, -0.2) is 17.6 Å². The fraction of sp³-hybridized carbons (Fsp3) is 0.912. The third kappa shape index (κ3) is 44.6. The number of carbonyl (C=O) groups excluding carboxylic acids is 8. The van der Waals surface area contributed by atoms with Crippen LogP contribution in [0.1, 0.15) is 238 Å². The predicted octanol–water partition coefficient (Wildman–Crippen LogP) is 11.6. The molecule has 10 fully saturated rings. The van der Waals surface area contributed by atoms with E-state index >= 15 is 0 Å². The molecule has 0 bridgehead atoms. The summed E-state index contributed by atoms with van der Waals surface area (Å²) in [6, 6.07) is 2.15. The lowest BCUT2D eigenvalue weighted by Gasteiger charge is -2.46. The van der Waals surface area contributed by atoms with E-state index in [4.69, 9.17) is 0 Å². The molecule has 8 heterocycles. The summed E-state index contributed by atoms with van der Waals surface area (Å²) >= 11 is 0. The van der Waals surface area contributed by atoms with E-state index in [-0.39, 0.29) is 78.6 Å². The van der Waals surface area contributed by atoms with Gasteiger partial charge in [0.15, 0.2) is 0 Å². The average molecular weight is 1750 g/mol. The lowest BCUT2D eigenvalue weighted by molar-refractivity contribution is -0.166. The van der Waals surface area contributed by atoms with E-state index in [1.54, 1.807) is 37.5 Å². The standard InChI is InChI=1S/C14H26N2O.C12H23FN2O.C12H22N2O.C12H24N2O.C11H22N2O.C10H17F3N2O.C10H18F2N2O.C10H19FN2O/c1-12(17)16(11-14(2)7-4-8-14)13-5-9-15(3)10-6-13;1-10(16)15(9-12(2,3)13)11-5-7-14(4)8-6-11;1-10(15)14(9-11-3-4-11)12-5-7-13(2)8-6-12;1-10(2)9-14(11(3)15)12-5-7-13(4)8-6-12;1-4-7-13(10(2)14)11-5-8-12(3)9-6-11;1-8(16)15(7-10(11,12)13)9-3-5-14(2)6-4-9;1-8(15)14(7-10(11)12)9-3-5-13(2)6-4-9;1-9(14)13(8-5-11)10-3-6-12(2)7-4-10/h13H,4-11H2,1-3H3;11H,5-9H2,1-4H3;11-12H,3-9H2,1-2H3;10,12H,5-9H2,1-4H3;11H,4-9H2,1-3H3;9H,3-7H2,1-2H3;9-10H,3-7H2,1-2H3;10H,3-8H2,1-2H3. The Balaban J connectivity index is 0.000000360. The minimum absolute atomic E-state index is 0.00259. The highest BCUT2D eigenvalue weighted by molar-refractivity contribution is 5.76. The molecule has 122 heavy (non-hydrogen) atoms. The largest absolute Gasteiger partial charge is 0.406 e. The first kappa shape index (κ1) is 111. The smallest absolute Gasteiger partial charge is 0.340 e. The second kappa shape index (κ2) is 56.3. The van der Waals surface area contributed by atoms with Crippen molar-refractivity contribution in [1.29, 1.82) is 0 Å². The van der Waals surface area contributed by atoms with Crippen LogP contribution in [0.5, 0.6) is 0 Å². The van der Waals surface area contributed by atoms with Crippen molar-refractivity contribution < 1.29 is 69.1 Å². The Labute approximate surface area is 733 Å². The summed E-state index contributed by atoms with van der Waals surface area (Å²) in [5, 5.41) is 0. The van der Waals surface area contributed by atoms with E-state index in [0.717, 1.165) is 238 Å². The highest BCUT2D eigenvalue weighted by atomic mass is 19.4. The molecule has 0 atom stereocenters. The van der Waals surface area contributed by atoms with Gasteiger partial charge in [0, 0.05) is 136 Å². The van der Waals surface area contributed by atoms with Gasteiger partial charge in [-0.3, -0.25) is 38.4 Å². The van der Waals surface area contributed by atoms with Gasteiger partial charge in [-0.1, -0.05) is 34.1 Å². The third-order valence-electron chi connectivity index (χ3n) is 26.1. The van der Waals surface area contributed by atoms with E-state index < -0.39 is 43.9 Å². The van der Waals surface area contributed by atoms with E-state index in [0.29, 0.717) is 48.3 Å². The molecule has 8 aliphatic heterocycles. The molecule has 10 rings (SSSR count). The Hall–Kier alpha value is -5.05. The van der Waals surface area contributed by atoms with Crippen LogP contribution in [0.25, 0.3) is 0 Å². The molecular formula is C91H171F7N16O8. The third-order valence-corrected chi connectivity index (χ3v) is 26.1. The molecule has 8 amide bonds. The molecule has 0 aromatic carbocycles. The van der Waals surface area contributed by atoms with Crippen LogP contribution in [0.15, 0.2) is 0 Å². The van der Waals surface area contributed by atoms with Gasteiger partial charge in [0.1, 0.15) is 18.9 Å². The minimum atomic E-state index is -4.31. The highest BCUT2D eigenvalue weighted by Crippen LogP contribution is 2.42. The van der Waals surface area contributed by atoms with Crippen LogP contribution in [0.4, 0.5) is 30.7 Å². The molecule has 24 nitrogen and oxygen atoms in total. The maximum atomic E-state index is 13.6. The molecule has 0 aromatic rings. The van der Waals surface area contributed by atoms with Crippen LogP contribution in [0.2, 0.25) is 0 Å². The molecule has 0 aromatic heterocycles. The van der Waals surface area contributed by atoms with Gasteiger partial charge in [-0.15, -0.1) is 0 Å². The van der Waals surface area contributed by atoms with Gasteiger partial charge in [0.25, 0.3) is 6.43 Å². The van der Waals surface area contributed by atoms with E-state index in [9.17, 15) is 69.1 Å². The SMILES string of the molecule is CC(=O)N(CC(C)(C)F)C1CCN(C)CC1.CC(=O)N(CC(C)C)C1CCN(C)CC1.CC(=O)N(CC(F)(F)F)C1CCN(C)CC1.CC(=O)N(CC(F)F)C1CCN(C)CC1.CC(=O)N(CC1(C)CCC1)C1CCN(C)CC1.CC(=O)N(CC1CC1)C1CCN(C)CC1.CC(=O)N(CCF)C1CCN(C)CC1.CCCN(C(C)=O)C1CCN(C)CC1. The summed E-state index contributed by atoms with van der Waals surface area (Å²) in [5.41, 5.74) is -0.899. The molecule has 2 aliphatic carbocycles. The van der Waals surface area contributed by atoms with Crippen LogP contribution in [-0.2, 0) is 38.4 Å². The molecule has 712 valence electrons. The zero-order valence-electron chi connectivity index (χ0n) is 80.2. The number of carbonyl (C=O) groups is 8. The monoisotopic (exact) mass is 1750 g/mol. The number of halogens is 7. The molecule has 0 spiro atoms. The van der Waals surface area contributed by atoms with Gasteiger partial charge in [-0.05, 0) is 327 Å². The lowest BCUT2D eigenvalue weighted by Crippen LogP contribution is -2.50. The van der Waals surface area contributed by atoms with Crippen LogP contribution >= 0.6 is 0 Å². The number of hydrogen-bond acceptors (Lipinski definition) is 16. The predicted molar refractivity (Wildman–Crippen MR) is 476 cm³/mol. The molecule has 0 unspecified atom stereocenters. The van der Waals surface area contributed by atoms with Gasteiger partial charge >= 0.3 is 6.18 Å². The summed E-state index contributed by atoms with van der Waals surface area (Å²) in [5.74, 6) is 1.64. The molecular weight excluding hydrogens is 1580 g/mol. The molecule has 2 saturated carbocycles. The lowest BCUT2D eigenvalue weighted by atomic mass is 9.70. The van der Waals surface area contributed by atoms with Crippen molar-refractivity contribution in [3.8, 4) is 0 Å². The average Bonchev–Trinajstić information content (AvgIpc) is 1.06.